The Morgan fingerprint density at radius 2 is 1.97 bits per heavy atom. The molecule has 0 bridgehead atoms. The maximum Gasteiger partial charge on any atom is 0.410 e. The van der Waals surface area contributed by atoms with Gasteiger partial charge in [-0.15, -0.1) is 0 Å². The Morgan fingerprint density at radius 3 is 2.56 bits per heavy atom. The molecule has 1 aliphatic rings. The summed E-state index contributed by atoms with van der Waals surface area (Å²) in [6.07, 6.45) is 2.70. The number of piperidine rings is 1. The van der Waals surface area contributed by atoms with Crippen LogP contribution in [0.25, 0.3) is 0 Å². The van der Waals surface area contributed by atoms with Crippen LogP contribution in [0.5, 0.6) is 0 Å². The van der Waals surface area contributed by atoms with Crippen molar-refractivity contribution >= 4 is 17.9 Å². The summed E-state index contributed by atoms with van der Waals surface area (Å²) in [4.78, 5) is 35.7. The summed E-state index contributed by atoms with van der Waals surface area (Å²) in [6.45, 7) is 6.67. The quantitative estimate of drug-likeness (QED) is 0.367. The van der Waals surface area contributed by atoms with Gasteiger partial charge in [-0.2, -0.15) is 5.26 Å². The molecule has 1 saturated heterocycles. The van der Waals surface area contributed by atoms with Crippen molar-refractivity contribution in [3.8, 4) is 6.07 Å². The van der Waals surface area contributed by atoms with E-state index in [1.165, 1.54) is 13.3 Å². The van der Waals surface area contributed by atoms with Crippen molar-refractivity contribution in [1.82, 2.24) is 9.88 Å². The number of ether oxygens (including phenoxy) is 2. The number of ketones is 1. The van der Waals surface area contributed by atoms with Crippen LogP contribution in [0, 0.1) is 17.2 Å². The standard InChI is InChI=1S/C27H33N5O4/c1-27(2,3)36-26(34)32-12-10-20(11-13-32)24(31-25(29)35-4)21-7-5-6-18(14-21)15-23(33)22-9-8-19(16-28)17-30-22/h5-9,14,17,20,24H,10-13,15H2,1-4H3,(H2,29,31). The Morgan fingerprint density at radius 1 is 1.25 bits per heavy atom. The van der Waals surface area contributed by atoms with E-state index in [1.807, 2.05) is 51.1 Å². The molecule has 9 nitrogen and oxygen atoms in total. The number of nitrogens with two attached hydrogens (primary N) is 1. The number of aliphatic imine (C=N–C) groups is 1. The third-order valence-electron chi connectivity index (χ3n) is 5.95. The molecule has 190 valence electrons. The topological polar surface area (TPSA) is 131 Å². The number of benzene rings is 1. The van der Waals surface area contributed by atoms with Crippen LogP contribution in [0.2, 0.25) is 0 Å². The Bertz CT molecular complexity index is 1140. The van der Waals surface area contributed by atoms with Gasteiger partial charge in [-0.3, -0.25) is 9.78 Å². The zero-order valence-electron chi connectivity index (χ0n) is 21.2. The summed E-state index contributed by atoms with van der Waals surface area (Å²) >= 11 is 0. The number of hydrogen-bond donors (Lipinski definition) is 1. The summed E-state index contributed by atoms with van der Waals surface area (Å²) < 4.78 is 10.6. The van der Waals surface area contributed by atoms with Crippen LogP contribution in [-0.2, 0) is 15.9 Å². The molecule has 1 aromatic heterocycles. The van der Waals surface area contributed by atoms with Gasteiger partial charge in [0.2, 0.25) is 0 Å². The van der Waals surface area contributed by atoms with E-state index in [0.29, 0.717) is 24.3 Å². The molecular formula is C27H33N5O4. The molecule has 0 radical (unpaired) electrons. The van der Waals surface area contributed by atoms with Crippen molar-refractivity contribution < 1.29 is 19.1 Å². The largest absolute Gasteiger partial charge is 0.469 e. The number of nitriles is 1. The van der Waals surface area contributed by atoms with E-state index >= 15 is 0 Å². The van der Waals surface area contributed by atoms with Crippen molar-refractivity contribution in [2.24, 2.45) is 16.6 Å². The number of amidine groups is 1. The number of pyridine rings is 1. The van der Waals surface area contributed by atoms with Gasteiger partial charge in [0.05, 0.1) is 18.7 Å². The van der Waals surface area contributed by atoms with Crippen LogP contribution in [-0.4, -0.2) is 53.6 Å². The van der Waals surface area contributed by atoms with E-state index in [0.717, 1.165) is 24.0 Å². The van der Waals surface area contributed by atoms with Gasteiger partial charge in [0.1, 0.15) is 17.4 Å². The molecule has 1 aromatic carbocycles. The highest BCUT2D eigenvalue weighted by molar-refractivity contribution is 5.95. The first-order valence-electron chi connectivity index (χ1n) is 11.9. The number of nitrogens with zero attached hydrogens (tertiary/aromatic N) is 4. The van der Waals surface area contributed by atoms with Crippen LogP contribution < -0.4 is 5.73 Å². The lowest BCUT2D eigenvalue weighted by molar-refractivity contribution is 0.0174. The fraction of sp³-hybridized carbons (Fsp3) is 0.444. The molecule has 9 heteroatoms. The average Bonchev–Trinajstić information content (AvgIpc) is 2.86. The lowest BCUT2D eigenvalue weighted by Gasteiger charge is -2.35. The van der Waals surface area contributed by atoms with Gasteiger partial charge >= 0.3 is 6.09 Å². The predicted octanol–water partition coefficient (Wildman–Crippen LogP) is 4.03. The van der Waals surface area contributed by atoms with Gasteiger partial charge < -0.3 is 20.1 Å². The molecule has 0 aliphatic carbocycles. The lowest BCUT2D eigenvalue weighted by Crippen LogP contribution is -2.42. The van der Waals surface area contributed by atoms with E-state index in [-0.39, 0.29) is 36.3 Å². The minimum Gasteiger partial charge on any atom is -0.469 e. The Kier molecular flexibility index (Phi) is 8.64. The Balaban J connectivity index is 1.75. The van der Waals surface area contributed by atoms with Crippen LogP contribution >= 0.6 is 0 Å². The second kappa shape index (κ2) is 11.7. The van der Waals surface area contributed by atoms with Crippen LogP contribution in [0.3, 0.4) is 0 Å². The fourth-order valence-corrected chi connectivity index (χ4v) is 4.15. The Labute approximate surface area is 211 Å². The lowest BCUT2D eigenvalue weighted by atomic mass is 9.85. The number of likely N-dealkylation sites (tertiary alicyclic amines) is 1. The van der Waals surface area contributed by atoms with E-state index in [9.17, 15) is 9.59 Å². The first-order valence-corrected chi connectivity index (χ1v) is 11.9. The maximum absolute atomic E-state index is 12.8. The average molecular weight is 492 g/mol. The normalized spacial score (nSPS) is 15.6. The van der Waals surface area contributed by atoms with Crippen LogP contribution in [0.1, 0.15) is 66.8 Å². The first-order chi connectivity index (χ1) is 17.1. The molecule has 3 rings (SSSR count). The molecule has 1 atom stereocenters. The van der Waals surface area contributed by atoms with Gasteiger partial charge in [-0.05, 0) is 62.8 Å². The van der Waals surface area contributed by atoms with Gasteiger partial charge in [0, 0.05) is 25.7 Å². The van der Waals surface area contributed by atoms with Gasteiger partial charge in [0.25, 0.3) is 6.02 Å². The third-order valence-corrected chi connectivity index (χ3v) is 5.95. The molecular weight excluding hydrogens is 458 g/mol. The monoisotopic (exact) mass is 491 g/mol. The van der Waals surface area contributed by atoms with Crippen molar-refractivity contribution in [2.45, 2.75) is 51.7 Å². The van der Waals surface area contributed by atoms with Crippen molar-refractivity contribution in [1.29, 1.82) is 5.26 Å². The number of methoxy groups -OCH3 is 1. The number of Topliss-reactive ketones (excluding diaryl/α,β-unsaturated/α-hetero) is 1. The van der Waals surface area contributed by atoms with Gasteiger partial charge in [0.15, 0.2) is 5.78 Å². The van der Waals surface area contributed by atoms with E-state index < -0.39 is 5.60 Å². The first kappa shape index (κ1) is 26.7. The summed E-state index contributed by atoms with van der Waals surface area (Å²) in [7, 11) is 1.47. The second-order valence-electron chi connectivity index (χ2n) is 9.81. The summed E-state index contributed by atoms with van der Waals surface area (Å²) in [5.41, 5.74) is 7.86. The highest BCUT2D eigenvalue weighted by Crippen LogP contribution is 2.35. The molecule has 2 heterocycles. The molecule has 1 aliphatic heterocycles. The molecule has 1 amide bonds. The minimum absolute atomic E-state index is 0.0813. The summed E-state index contributed by atoms with van der Waals surface area (Å²) in [5.74, 6) is -0.0118. The number of carbonyl (C=O) groups is 2. The fourth-order valence-electron chi connectivity index (χ4n) is 4.15. The molecule has 36 heavy (non-hydrogen) atoms. The minimum atomic E-state index is -0.543. The van der Waals surface area contributed by atoms with E-state index in [2.05, 4.69) is 9.98 Å². The zero-order valence-corrected chi connectivity index (χ0v) is 21.2. The van der Waals surface area contributed by atoms with Gasteiger partial charge in [-0.1, -0.05) is 24.3 Å². The van der Waals surface area contributed by atoms with Gasteiger partial charge in [-0.25, -0.2) is 9.79 Å². The van der Waals surface area contributed by atoms with Crippen molar-refractivity contribution in [3.05, 3.63) is 65.0 Å². The number of amides is 1. The Hall–Kier alpha value is -3.93. The molecule has 1 fully saturated rings. The molecule has 0 spiro atoms. The van der Waals surface area contributed by atoms with Crippen LogP contribution in [0.15, 0.2) is 47.6 Å². The smallest absolute Gasteiger partial charge is 0.410 e. The SMILES string of the molecule is COC(N)=NC(c1cccc(CC(=O)c2ccc(C#N)cn2)c1)C1CCN(C(=O)OC(C)(C)C)CC1. The second-order valence-corrected chi connectivity index (χ2v) is 9.81. The number of aromatic nitrogens is 1. The molecule has 2 aromatic rings. The molecule has 2 N–H and O–H groups in total. The third kappa shape index (κ3) is 7.28. The zero-order chi connectivity index (χ0) is 26.3. The number of rotatable bonds is 6. The van der Waals surface area contributed by atoms with E-state index in [1.54, 1.807) is 17.0 Å². The highest BCUT2D eigenvalue weighted by Gasteiger charge is 2.32. The van der Waals surface area contributed by atoms with Crippen molar-refractivity contribution in [3.63, 3.8) is 0 Å². The summed E-state index contributed by atoms with van der Waals surface area (Å²) in [6, 6.07) is 12.6. The predicted molar refractivity (Wildman–Crippen MR) is 135 cm³/mol. The number of carbonyl (C=O) groups excluding carboxylic acids is 2. The van der Waals surface area contributed by atoms with E-state index in [4.69, 9.17) is 20.5 Å². The highest BCUT2D eigenvalue weighted by atomic mass is 16.6. The maximum atomic E-state index is 12.8. The number of hydrogen-bond acceptors (Lipinski definition) is 7. The molecule has 0 saturated carbocycles. The van der Waals surface area contributed by atoms with Crippen LogP contribution in [0.4, 0.5) is 4.79 Å². The summed E-state index contributed by atoms with van der Waals surface area (Å²) in [5, 5.41) is 8.93. The van der Waals surface area contributed by atoms with Crippen molar-refractivity contribution in [2.75, 3.05) is 20.2 Å². The molecule has 1 unspecified atom stereocenters.